The van der Waals surface area contributed by atoms with Gasteiger partial charge < -0.3 is 19.3 Å². The Balaban J connectivity index is 1.44. The van der Waals surface area contributed by atoms with Crippen LogP contribution in [0.1, 0.15) is 83.9 Å². The number of carboxylic acid groups (broad SMARTS) is 1. The van der Waals surface area contributed by atoms with E-state index >= 15 is 0 Å². The summed E-state index contributed by atoms with van der Waals surface area (Å²) in [5.74, 6) is 2.31. The molecule has 1 fully saturated rings. The Morgan fingerprint density at radius 2 is 1.93 bits per heavy atom. The number of ether oxygens (including phenoxy) is 3. The number of rotatable bonds is 9. The van der Waals surface area contributed by atoms with Gasteiger partial charge in [-0.25, -0.2) is 4.98 Å². The Morgan fingerprint density at radius 3 is 2.63 bits per heavy atom. The molecular formula is C30H31ClN4O5S. The molecule has 9 nitrogen and oxygen atoms in total. The maximum absolute atomic E-state index is 11.8. The van der Waals surface area contributed by atoms with Gasteiger partial charge in [0.25, 0.3) is 0 Å². The lowest BCUT2D eigenvalue weighted by Crippen LogP contribution is -2.27. The molecule has 6 rings (SSSR count). The minimum absolute atomic E-state index is 0.350. The molecule has 1 aliphatic heterocycles. The van der Waals surface area contributed by atoms with E-state index in [4.69, 9.17) is 25.8 Å². The van der Waals surface area contributed by atoms with E-state index in [1.165, 1.54) is 11.3 Å². The average Bonchev–Trinajstić information content (AvgIpc) is 3.56. The zero-order valence-electron chi connectivity index (χ0n) is 23.3. The molecule has 1 saturated carbocycles. The largest absolute Gasteiger partial charge is 0.493 e. The Morgan fingerprint density at radius 1 is 1.15 bits per heavy atom. The summed E-state index contributed by atoms with van der Waals surface area (Å²) in [6.07, 6.45) is 3.97. The molecule has 2 aromatic carbocycles. The number of hydrogen-bond donors (Lipinski definition) is 1. The number of nitrogens with zero attached hydrogens (tertiary/aromatic N) is 4. The minimum atomic E-state index is -1.01. The molecule has 0 bridgehead atoms. The number of hydrogen-bond acceptors (Lipinski definition) is 8. The van der Waals surface area contributed by atoms with Crippen LogP contribution in [0.5, 0.6) is 11.5 Å². The van der Waals surface area contributed by atoms with Crippen molar-refractivity contribution in [3.63, 3.8) is 0 Å². The molecule has 2 aliphatic rings. The summed E-state index contributed by atoms with van der Waals surface area (Å²) in [4.78, 5) is 17.1. The Bertz CT molecular complexity index is 1610. The Kier molecular flexibility index (Phi) is 7.25. The standard InChI is InChI=1S/C30H31ClN4O5S/c1-30(2,29(36)37)23-15-32-24(41-23)13-12-22-28-34-33-27(16-8-9-16)35(28)20-11-10-17(31)14-19(20)25(40-22)18-6-5-7-21(38-3)26(18)39-4/h5-7,10-11,14-16,22,25H,8-9,12-13H2,1-4H3,(H,36,37)/t22-,25-/m1/s1. The third-order valence-corrected chi connectivity index (χ3v) is 9.41. The number of carbonyl (C=O) groups is 1. The van der Waals surface area contributed by atoms with Gasteiger partial charge in [-0.1, -0.05) is 23.7 Å². The molecule has 41 heavy (non-hydrogen) atoms. The highest BCUT2D eigenvalue weighted by Gasteiger charge is 2.39. The number of fused-ring (bicyclic) bond motifs is 3. The SMILES string of the molecule is COc1cccc([C@H]2O[C@H](CCc3ncc(C(C)(C)C(=O)O)s3)c3nnc(C4CC4)n3-c3ccc(Cl)cc32)c1OC. The maximum Gasteiger partial charge on any atom is 0.314 e. The summed E-state index contributed by atoms with van der Waals surface area (Å²) in [6.45, 7) is 3.38. The minimum Gasteiger partial charge on any atom is -0.493 e. The topological polar surface area (TPSA) is 109 Å². The van der Waals surface area contributed by atoms with Crippen LogP contribution in [-0.4, -0.2) is 45.0 Å². The predicted octanol–water partition coefficient (Wildman–Crippen LogP) is 6.43. The zero-order valence-corrected chi connectivity index (χ0v) is 24.8. The maximum atomic E-state index is 11.8. The molecule has 0 amide bonds. The van der Waals surface area contributed by atoms with E-state index in [-0.39, 0.29) is 0 Å². The van der Waals surface area contributed by atoms with Gasteiger partial charge in [-0.15, -0.1) is 21.5 Å². The third kappa shape index (κ3) is 4.98. The van der Waals surface area contributed by atoms with E-state index < -0.39 is 23.6 Å². The Hall–Kier alpha value is -3.47. The normalized spacial score (nSPS) is 18.4. The fourth-order valence-corrected chi connectivity index (χ4v) is 6.45. The zero-order chi connectivity index (χ0) is 28.9. The first-order valence-corrected chi connectivity index (χ1v) is 14.7. The second kappa shape index (κ2) is 10.7. The van der Waals surface area contributed by atoms with Gasteiger partial charge in [0.1, 0.15) is 18.0 Å². The number of aromatic nitrogens is 4. The van der Waals surface area contributed by atoms with Crippen LogP contribution < -0.4 is 9.47 Å². The molecular weight excluding hydrogens is 564 g/mol. The Labute approximate surface area is 247 Å². The first-order chi connectivity index (χ1) is 19.7. The molecule has 214 valence electrons. The molecule has 0 radical (unpaired) electrons. The molecule has 0 saturated heterocycles. The molecule has 0 unspecified atom stereocenters. The van der Waals surface area contributed by atoms with Crippen molar-refractivity contribution in [3.05, 3.63) is 80.3 Å². The third-order valence-electron chi connectivity index (χ3n) is 7.80. The molecule has 1 N–H and O–H groups in total. The first-order valence-electron chi connectivity index (χ1n) is 13.5. The van der Waals surface area contributed by atoms with Crippen molar-refractivity contribution in [2.45, 2.75) is 63.1 Å². The highest BCUT2D eigenvalue weighted by Crippen LogP contribution is 2.49. The predicted molar refractivity (Wildman–Crippen MR) is 155 cm³/mol. The summed E-state index contributed by atoms with van der Waals surface area (Å²) in [5.41, 5.74) is 1.61. The van der Waals surface area contributed by atoms with Gasteiger partial charge in [0.15, 0.2) is 17.3 Å². The molecule has 1 aliphatic carbocycles. The van der Waals surface area contributed by atoms with Gasteiger partial charge in [-0.2, -0.15) is 0 Å². The van der Waals surface area contributed by atoms with E-state index in [0.717, 1.165) is 46.3 Å². The van der Waals surface area contributed by atoms with Crippen LogP contribution in [0.25, 0.3) is 5.69 Å². The van der Waals surface area contributed by atoms with Crippen LogP contribution in [0.3, 0.4) is 0 Å². The van der Waals surface area contributed by atoms with Crippen molar-refractivity contribution < 1.29 is 24.1 Å². The number of aliphatic carboxylic acids is 1. The molecule has 4 aromatic rings. The average molecular weight is 595 g/mol. The van der Waals surface area contributed by atoms with Gasteiger partial charge in [-0.05, 0) is 57.4 Å². The van der Waals surface area contributed by atoms with Crippen molar-refractivity contribution in [1.82, 2.24) is 19.7 Å². The van der Waals surface area contributed by atoms with Gasteiger partial charge in [-0.3, -0.25) is 9.36 Å². The highest BCUT2D eigenvalue weighted by atomic mass is 35.5. The number of carboxylic acids is 1. The molecule has 2 atom stereocenters. The number of halogens is 1. The summed E-state index contributed by atoms with van der Waals surface area (Å²) in [5, 5.41) is 20.4. The van der Waals surface area contributed by atoms with E-state index in [9.17, 15) is 9.90 Å². The highest BCUT2D eigenvalue weighted by molar-refractivity contribution is 7.11. The van der Waals surface area contributed by atoms with E-state index in [2.05, 4.69) is 19.7 Å². The van der Waals surface area contributed by atoms with Gasteiger partial charge >= 0.3 is 5.97 Å². The number of benzene rings is 2. The van der Waals surface area contributed by atoms with Crippen LogP contribution in [0.4, 0.5) is 0 Å². The lowest BCUT2D eigenvalue weighted by Gasteiger charge is -2.25. The number of thiazole rings is 1. The molecule has 0 spiro atoms. The van der Waals surface area contributed by atoms with Gasteiger partial charge in [0.2, 0.25) is 0 Å². The van der Waals surface area contributed by atoms with E-state index in [0.29, 0.717) is 40.2 Å². The monoisotopic (exact) mass is 594 g/mol. The fraction of sp³-hybridized carbons (Fsp3) is 0.400. The van der Waals surface area contributed by atoms with Crippen molar-refractivity contribution in [2.24, 2.45) is 0 Å². The fourth-order valence-electron chi connectivity index (χ4n) is 5.24. The van der Waals surface area contributed by atoms with Gasteiger partial charge in [0.05, 0.1) is 30.3 Å². The quantitative estimate of drug-likeness (QED) is 0.236. The summed E-state index contributed by atoms with van der Waals surface area (Å²) >= 11 is 7.99. The van der Waals surface area contributed by atoms with Crippen LogP contribution in [0.2, 0.25) is 5.02 Å². The van der Waals surface area contributed by atoms with E-state index in [1.54, 1.807) is 34.3 Å². The van der Waals surface area contributed by atoms with Crippen LogP contribution in [0.15, 0.2) is 42.6 Å². The summed E-state index contributed by atoms with van der Waals surface area (Å²) < 4.78 is 20.5. The van der Waals surface area contributed by atoms with E-state index in [1.807, 2.05) is 36.4 Å². The van der Waals surface area contributed by atoms with Crippen molar-refractivity contribution in [1.29, 1.82) is 0 Å². The van der Waals surface area contributed by atoms with Gasteiger partial charge in [0, 0.05) is 39.6 Å². The van der Waals surface area contributed by atoms with Crippen molar-refractivity contribution in [2.75, 3.05) is 14.2 Å². The smallest absolute Gasteiger partial charge is 0.314 e. The molecule has 2 aromatic heterocycles. The summed E-state index contributed by atoms with van der Waals surface area (Å²) in [6, 6.07) is 11.6. The number of aryl methyl sites for hydroxylation is 1. The summed E-state index contributed by atoms with van der Waals surface area (Å²) in [7, 11) is 3.23. The van der Waals surface area contributed by atoms with Crippen LogP contribution in [-0.2, 0) is 21.4 Å². The van der Waals surface area contributed by atoms with Crippen LogP contribution >= 0.6 is 22.9 Å². The number of para-hydroxylation sites is 1. The second-order valence-electron chi connectivity index (χ2n) is 10.9. The van der Waals surface area contributed by atoms with Crippen LogP contribution in [0, 0.1) is 0 Å². The van der Waals surface area contributed by atoms with Crippen molar-refractivity contribution in [3.8, 4) is 17.2 Å². The number of methoxy groups -OCH3 is 2. The lowest BCUT2D eigenvalue weighted by atomic mass is 9.93. The second-order valence-corrected chi connectivity index (χ2v) is 12.5. The molecule has 11 heteroatoms. The van der Waals surface area contributed by atoms with Crippen molar-refractivity contribution >= 4 is 28.9 Å². The first kappa shape index (κ1) is 27.7. The molecule has 3 heterocycles. The lowest BCUT2D eigenvalue weighted by molar-refractivity contribution is -0.142.